The number of nitrogens with one attached hydrogen (secondary N) is 1. The highest BCUT2D eigenvalue weighted by atomic mass is 16.5. The van der Waals surface area contributed by atoms with Crippen LogP contribution in [-0.2, 0) is 11.3 Å². The van der Waals surface area contributed by atoms with Gasteiger partial charge >= 0.3 is 6.03 Å². The first-order chi connectivity index (χ1) is 9.54. The van der Waals surface area contributed by atoms with Crippen LogP contribution in [0.15, 0.2) is 18.2 Å². The number of Topliss-reactive ketones (excluding diaryl/α,β-unsaturated/α-hetero) is 1. The van der Waals surface area contributed by atoms with Gasteiger partial charge in [0.15, 0.2) is 5.78 Å². The summed E-state index contributed by atoms with van der Waals surface area (Å²) in [5.41, 5.74) is 2.40. The topological polar surface area (TPSA) is 58.6 Å². The fourth-order valence-corrected chi connectivity index (χ4v) is 2.72. The molecule has 5 heteroatoms. The molecule has 0 spiro atoms. The van der Waals surface area contributed by atoms with Crippen molar-refractivity contribution in [2.75, 3.05) is 12.4 Å². The van der Waals surface area contributed by atoms with Gasteiger partial charge in [0.2, 0.25) is 0 Å². The third kappa shape index (κ3) is 2.29. The lowest BCUT2D eigenvalue weighted by atomic mass is 9.99. The van der Waals surface area contributed by atoms with Crippen molar-refractivity contribution in [3.63, 3.8) is 0 Å². The average molecular weight is 274 g/mol. The van der Waals surface area contributed by atoms with E-state index < -0.39 is 0 Å². The van der Waals surface area contributed by atoms with Gasteiger partial charge in [-0.05, 0) is 43.5 Å². The molecule has 1 aromatic rings. The number of hydrogen-bond donors (Lipinski definition) is 1. The van der Waals surface area contributed by atoms with E-state index in [9.17, 15) is 9.59 Å². The van der Waals surface area contributed by atoms with Gasteiger partial charge in [-0.25, -0.2) is 4.79 Å². The summed E-state index contributed by atoms with van der Waals surface area (Å²) in [6.07, 6.45) is 1.55. The largest absolute Gasteiger partial charge is 0.367 e. The van der Waals surface area contributed by atoms with Gasteiger partial charge < -0.3 is 15.0 Å². The summed E-state index contributed by atoms with van der Waals surface area (Å²) in [5, 5.41) is 2.80. The first-order valence-corrected chi connectivity index (χ1v) is 6.89. The van der Waals surface area contributed by atoms with Crippen LogP contribution in [0.2, 0.25) is 0 Å². The second-order valence-electron chi connectivity index (χ2n) is 5.54. The molecule has 2 unspecified atom stereocenters. The van der Waals surface area contributed by atoms with E-state index in [1.807, 2.05) is 13.0 Å². The first-order valence-electron chi connectivity index (χ1n) is 6.89. The number of carbonyl (C=O) groups excluding carboxylic acids is 2. The van der Waals surface area contributed by atoms with Crippen LogP contribution in [0.4, 0.5) is 10.5 Å². The van der Waals surface area contributed by atoms with Crippen LogP contribution in [0.3, 0.4) is 0 Å². The Morgan fingerprint density at radius 3 is 2.90 bits per heavy atom. The van der Waals surface area contributed by atoms with Gasteiger partial charge in [-0.15, -0.1) is 0 Å². The predicted octanol–water partition coefficient (Wildman–Crippen LogP) is 2.41. The highest BCUT2D eigenvalue weighted by molar-refractivity contribution is 6.01. The minimum absolute atomic E-state index is 0.0386. The fourth-order valence-electron chi connectivity index (χ4n) is 2.72. The van der Waals surface area contributed by atoms with Gasteiger partial charge in [-0.3, -0.25) is 4.79 Å². The average Bonchev–Trinajstić information content (AvgIpc) is 2.85. The molecule has 0 bridgehead atoms. The quantitative estimate of drug-likeness (QED) is 0.842. The number of rotatable bonds is 2. The van der Waals surface area contributed by atoms with Crippen LogP contribution in [0, 0.1) is 0 Å². The summed E-state index contributed by atoms with van der Waals surface area (Å²) in [6.45, 7) is 2.51. The third-order valence-electron chi connectivity index (χ3n) is 3.91. The molecule has 1 fully saturated rings. The van der Waals surface area contributed by atoms with Crippen molar-refractivity contribution in [2.24, 2.45) is 0 Å². The van der Waals surface area contributed by atoms with Gasteiger partial charge in [-0.2, -0.15) is 0 Å². The molecule has 0 aromatic heterocycles. The number of anilines is 1. The van der Waals surface area contributed by atoms with Crippen molar-refractivity contribution < 1.29 is 14.3 Å². The highest BCUT2D eigenvalue weighted by Crippen LogP contribution is 2.27. The Balaban J connectivity index is 1.84. The number of ether oxygens (including phenoxy) is 1. The molecule has 5 nitrogen and oxygen atoms in total. The van der Waals surface area contributed by atoms with E-state index in [1.165, 1.54) is 0 Å². The molecule has 20 heavy (non-hydrogen) atoms. The van der Waals surface area contributed by atoms with E-state index in [-0.39, 0.29) is 24.0 Å². The molecule has 0 radical (unpaired) electrons. The maximum Gasteiger partial charge on any atom is 0.321 e. The van der Waals surface area contributed by atoms with E-state index >= 15 is 0 Å². The molecule has 1 saturated heterocycles. The van der Waals surface area contributed by atoms with Crippen LogP contribution in [0.1, 0.15) is 35.7 Å². The number of ketones is 1. The van der Waals surface area contributed by atoms with Gasteiger partial charge in [0.25, 0.3) is 0 Å². The summed E-state index contributed by atoms with van der Waals surface area (Å²) >= 11 is 0. The molecule has 2 amide bonds. The van der Waals surface area contributed by atoms with Gasteiger partial charge in [0, 0.05) is 24.8 Å². The Morgan fingerprint density at radius 1 is 1.40 bits per heavy atom. The number of amides is 2. The molecule has 0 aliphatic carbocycles. The maximum absolute atomic E-state index is 12.4. The monoisotopic (exact) mass is 274 g/mol. The Bertz CT molecular complexity index is 570. The van der Waals surface area contributed by atoms with E-state index in [0.717, 1.165) is 24.1 Å². The molecule has 0 saturated carbocycles. The van der Waals surface area contributed by atoms with Crippen LogP contribution in [0.5, 0.6) is 0 Å². The molecular formula is C15H18N2O3. The lowest BCUT2D eigenvalue weighted by molar-refractivity contribution is 0.0433. The number of benzene rings is 1. The summed E-state index contributed by atoms with van der Waals surface area (Å²) in [4.78, 5) is 25.5. The van der Waals surface area contributed by atoms with Crippen molar-refractivity contribution in [2.45, 2.75) is 38.5 Å². The van der Waals surface area contributed by atoms with Crippen molar-refractivity contribution >= 4 is 17.5 Å². The Morgan fingerprint density at radius 2 is 2.20 bits per heavy atom. The number of carbonyl (C=O) groups is 2. The summed E-state index contributed by atoms with van der Waals surface area (Å²) in [7, 11) is 1.73. The maximum atomic E-state index is 12.4. The predicted molar refractivity (Wildman–Crippen MR) is 74.8 cm³/mol. The van der Waals surface area contributed by atoms with E-state index in [2.05, 4.69) is 5.32 Å². The van der Waals surface area contributed by atoms with Crippen molar-refractivity contribution in [3.8, 4) is 0 Å². The molecule has 2 aliphatic rings. The number of nitrogens with zero attached hydrogens (tertiary/aromatic N) is 1. The Labute approximate surface area is 117 Å². The summed E-state index contributed by atoms with van der Waals surface area (Å²) < 4.78 is 5.63. The lowest BCUT2D eigenvalue weighted by Crippen LogP contribution is -2.35. The zero-order valence-electron chi connectivity index (χ0n) is 11.7. The highest BCUT2D eigenvalue weighted by Gasteiger charge is 2.29. The second kappa shape index (κ2) is 4.90. The first kappa shape index (κ1) is 13.1. The summed E-state index contributed by atoms with van der Waals surface area (Å²) in [5.74, 6) is 0.0386. The Kier molecular flexibility index (Phi) is 3.22. The smallest absolute Gasteiger partial charge is 0.321 e. The van der Waals surface area contributed by atoms with Gasteiger partial charge in [-0.1, -0.05) is 0 Å². The van der Waals surface area contributed by atoms with Gasteiger partial charge in [0.05, 0.1) is 6.10 Å². The Hall–Kier alpha value is -1.88. The molecule has 3 rings (SSSR count). The minimum atomic E-state index is -0.320. The molecular weight excluding hydrogens is 256 g/mol. The molecule has 106 valence electrons. The van der Waals surface area contributed by atoms with Crippen LogP contribution in [-0.4, -0.2) is 36.0 Å². The normalized spacial score (nSPS) is 25.3. The van der Waals surface area contributed by atoms with E-state index in [4.69, 9.17) is 4.74 Å². The zero-order valence-corrected chi connectivity index (χ0v) is 11.7. The lowest BCUT2D eigenvalue weighted by Gasteiger charge is -2.26. The van der Waals surface area contributed by atoms with Crippen molar-refractivity contribution in [1.82, 2.24) is 4.90 Å². The second-order valence-corrected chi connectivity index (χ2v) is 5.54. The molecule has 2 atom stereocenters. The van der Waals surface area contributed by atoms with Crippen molar-refractivity contribution in [3.05, 3.63) is 29.3 Å². The summed E-state index contributed by atoms with van der Waals surface area (Å²) in [6, 6.07) is 5.30. The molecule has 2 heterocycles. The fraction of sp³-hybridized carbons (Fsp3) is 0.467. The number of hydrogen-bond acceptors (Lipinski definition) is 3. The van der Waals surface area contributed by atoms with Crippen molar-refractivity contribution in [1.29, 1.82) is 0 Å². The molecule has 2 aliphatic heterocycles. The van der Waals surface area contributed by atoms with Crippen LogP contribution < -0.4 is 5.32 Å². The molecule has 1 aromatic carbocycles. The van der Waals surface area contributed by atoms with Crippen LogP contribution >= 0.6 is 0 Å². The van der Waals surface area contributed by atoms with Gasteiger partial charge in [0.1, 0.15) is 6.10 Å². The van der Waals surface area contributed by atoms with E-state index in [1.54, 1.807) is 24.1 Å². The number of urea groups is 1. The number of fused-ring (bicyclic) bond motifs is 1. The SMILES string of the molecule is CC1CCC(C(=O)c2ccc3c(c2)CN(C)C(=O)N3)O1. The standard InChI is InChI=1S/C15H18N2O3/c1-9-3-6-13(20-9)14(18)10-4-5-12-11(7-10)8-17(2)15(19)16-12/h4-5,7,9,13H,3,6,8H2,1-2H3,(H,16,19). The van der Waals surface area contributed by atoms with E-state index in [0.29, 0.717) is 12.1 Å². The third-order valence-corrected chi connectivity index (χ3v) is 3.91. The zero-order chi connectivity index (χ0) is 14.3. The van der Waals surface area contributed by atoms with Crippen LogP contribution in [0.25, 0.3) is 0 Å². The molecule has 1 N–H and O–H groups in total. The minimum Gasteiger partial charge on any atom is -0.367 e.